The summed E-state index contributed by atoms with van der Waals surface area (Å²) in [4.78, 5) is 38.9. The average molecular weight is 361 g/mol. The van der Waals surface area contributed by atoms with Gasteiger partial charge in [-0.3, -0.25) is 10.1 Å². The first kappa shape index (κ1) is 19.1. The van der Waals surface area contributed by atoms with Gasteiger partial charge in [-0.15, -0.1) is 0 Å². The quantitative estimate of drug-likeness (QED) is 0.222. The third kappa shape index (κ3) is 4.65. The number of non-ortho nitro benzene ring substituents is 1. The van der Waals surface area contributed by atoms with Crippen molar-refractivity contribution in [3.63, 3.8) is 0 Å². The highest BCUT2D eigenvalue weighted by Gasteiger charge is 2.19. The first-order valence-electron chi connectivity index (χ1n) is 7.96. The number of carbonyl (C=O) groups excluding carboxylic acids is 1. The van der Waals surface area contributed by atoms with E-state index in [-0.39, 0.29) is 40.3 Å². The summed E-state index contributed by atoms with van der Waals surface area (Å²) in [6.07, 6.45) is 0. The maximum absolute atomic E-state index is 12.4. The van der Waals surface area contributed by atoms with Gasteiger partial charge in [0.2, 0.25) is 0 Å². The summed E-state index contributed by atoms with van der Waals surface area (Å²) in [5.74, 6) is -0.959. The van der Waals surface area contributed by atoms with Gasteiger partial charge in [-0.05, 0) is 39.8 Å². The van der Waals surface area contributed by atoms with Crippen LogP contribution in [0.1, 0.15) is 38.1 Å². The van der Waals surface area contributed by atoms with E-state index in [1.165, 1.54) is 24.3 Å². The predicted octanol–water partition coefficient (Wildman–Crippen LogP) is 2.62. The number of benzene rings is 1. The van der Waals surface area contributed by atoms with Crippen LogP contribution >= 0.6 is 0 Å². The van der Waals surface area contributed by atoms with E-state index in [2.05, 4.69) is 10.3 Å². The molecule has 1 aromatic carbocycles. The molecule has 1 heterocycles. The summed E-state index contributed by atoms with van der Waals surface area (Å²) < 4.78 is 10.2. The van der Waals surface area contributed by atoms with E-state index in [0.29, 0.717) is 0 Å². The fourth-order valence-corrected chi connectivity index (χ4v) is 2.08. The molecule has 0 aliphatic carbocycles. The largest absolute Gasteiger partial charge is 0.422 e. The van der Waals surface area contributed by atoms with Gasteiger partial charge in [0.05, 0.1) is 4.92 Å². The molecule has 2 aromatic rings. The highest BCUT2D eigenvalue weighted by molar-refractivity contribution is 5.99. The highest BCUT2D eigenvalue weighted by Crippen LogP contribution is 2.20. The Morgan fingerprint density at radius 1 is 1.27 bits per heavy atom. The first-order chi connectivity index (χ1) is 12.2. The van der Waals surface area contributed by atoms with Crippen molar-refractivity contribution in [2.45, 2.75) is 39.8 Å². The Morgan fingerprint density at radius 2 is 1.96 bits per heavy atom. The SMILES string of the molecule is CC(C)N=C(NC(C)C)OC(=O)c1cc2cc([N+](=O)[O-])ccc2oc1=O. The molecule has 26 heavy (non-hydrogen) atoms. The number of carbonyl (C=O) groups is 1. The number of aliphatic imine (C=N–C) groups is 1. The number of hydrogen-bond donors (Lipinski definition) is 1. The van der Waals surface area contributed by atoms with Gasteiger partial charge in [0, 0.05) is 29.6 Å². The number of rotatable bonds is 4. The van der Waals surface area contributed by atoms with Crippen molar-refractivity contribution < 1.29 is 18.9 Å². The van der Waals surface area contributed by atoms with Crippen LogP contribution in [0.25, 0.3) is 11.0 Å². The molecule has 0 saturated carbocycles. The van der Waals surface area contributed by atoms with Gasteiger partial charge < -0.3 is 14.5 Å². The Bertz CT molecular complexity index is 930. The lowest BCUT2D eigenvalue weighted by Crippen LogP contribution is -2.35. The number of fused-ring (bicyclic) bond motifs is 1. The number of nitro groups is 1. The molecule has 0 bridgehead atoms. The number of esters is 1. The van der Waals surface area contributed by atoms with E-state index >= 15 is 0 Å². The lowest BCUT2D eigenvalue weighted by atomic mass is 10.1. The minimum absolute atomic E-state index is 0.0152. The van der Waals surface area contributed by atoms with Crippen molar-refractivity contribution in [3.8, 4) is 0 Å². The molecule has 1 N–H and O–H groups in total. The first-order valence-corrected chi connectivity index (χ1v) is 7.96. The van der Waals surface area contributed by atoms with Crippen molar-refractivity contribution in [2.75, 3.05) is 0 Å². The van der Waals surface area contributed by atoms with Crippen LogP contribution < -0.4 is 10.9 Å². The lowest BCUT2D eigenvalue weighted by Gasteiger charge is -2.13. The van der Waals surface area contributed by atoms with Gasteiger partial charge in [-0.2, -0.15) is 0 Å². The summed E-state index contributed by atoms with van der Waals surface area (Å²) in [6.45, 7) is 7.29. The number of ether oxygens (including phenoxy) is 1. The Morgan fingerprint density at radius 3 is 2.54 bits per heavy atom. The third-order valence-corrected chi connectivity index (χ3v) is 3.12. The topological polar surface area (TPSA) is 124 Å². The van der Waals surface area contributed by atoms with E-state index in [9.17, 15) is 19.7 Å². The van der Waals surface area contributed by atoms with E-state index < -0.39 is 16.5 Å². The van der Waals surface area contributed by atoms with Gasteiger partial charge in [0.1, 0.15) is 11.1 Å². The Labute approximate surface area is 148 Å². The minimum atomic E-state index is -0.959. The molecular weight excluding hydrogens is 342 g/mol. The zero-order chi connectivity index (χ0) is 19.4. The van der Waals surface area contributed by atoms with Crippen LogP contribution in [-0.4, -0.2) is 29.0 Å². The number of nitrogens with zero attached hydrogens (tertiary/aromatic N) is 2. The van der Waals surface area contributed by atoms with Gasteiger partial charge in [-0.25, -0.2) is 14.6 Å². The van der Waals surface area contributed by atoms with E-state index in [4.69, 9.17) is 9.15 Å². The second-order valence-corrected chi connectivity index (χ2v) is 6.14. The van der Waals surface area contributed by atoms with Crippen molar-refractivity contribution in [2.24, 2.45) is 4.99 Å². The van der Waals surface area contributed by atoms with Crippen molar-refractivity contribution in [1.82, 2.24) is 5.32 Å². The molecule has 2 rings (SSSR count). The van der Waals surface area contributed by atoms with E-state index in [1.54, 1.807) is 13.8 Å². The summed E-state index contributed by atoms with van der Waals surface area (Å²) in [6, 6.07) is 4.73. The molecule has 0 fully saturated rings. The van der Waals surface area contributed by atoms with Gasteiger partial charge in [-0.1, -0.05) is 0 Å². The molecule has 0 saturated heterocycles. The van der Waals surface area contributed by atoms with Gasteiger partial charge in [0.25, 0.3) is 11.7 Å². The van der Waals surface area contributed by atoms with Crippen LogP contribution in [0.2, 0.25) is 0 Å². The monoisotopic (exact) mass is 361 g/mol. The Kier molecular flexibility index (Phi) is 5.71. The fourth-order valence-electron chi connectivity index (χ4n) is 2.08. The molecule has 0 aliphatic rings. The van der Waals surface area contributed by atoms with E-state index in [1.807, 2.05) is 13.8 Å². The molecule has 0 amide bonds. The van der Waals surface area contributed by atoms with Crippen LogP contribution in [0.15, 0.2) is 38.5 Å². The summed E-state index contributed by atoms with van der Waals surface area (Å²) >= 11 is 0. The third-order valence-electron chi connectivity index (χ3n) is 3.12. The second-order valence-electron chi connectivity index (χ2n) is 6.14. The van der Waals surface area contributed by atoms with Gasteiger partial charge in [0.15, 0.2) is 0 Å². The molecule has 1 aromatic heterocycles. The smallest absolute Gasteiger partial charge is 0.353 e. The van der Waals surface area contributed by atoms with Crippen LogP contribution in [0, 0.1) is 10.1 Å². The maximum atomic E-state index is 12.4. The van der Waals surface area contributed by atoms with Crippen molar-refractivity contribution in [1.29, 1.82) is 0 Å². The van der Waals surface area contributed by atoms with Crippen LogP contribution in [0.4, 0.5) is 5.69 Å². The molecule has 0 atom stereocenters. The zero-order valence-electron chi connectivity index (χ0n) is 14.8. The normalized spacial score (nSPS) is 11.8. The van der Waals surface area contributed by atoms with E-state index in [0.717, 1.165) is 0 Å². The Balaban J connectivity index is 2.40. The molecule has 0 spiro atoms. The lowest BCUT2D eigenvalue weighted by molar-refractivity contribution is -0.384. The number of nitro benzene ring substituents is 1. The molecular formula is C17H19N3O6. The van der Waals surface area contributed by atoms with Crippen LogP contribution in [0.3, 0.4) is 0 Å². The number of hydrogen-bond acceptors (Lipinski definition) is 7. The summed E-state index contributed by atoms with van der Waals surface area (Å²) in [5, 5.41) is 14.0. The van der Waals surface area contributed by atoms with Crippen LogP contribution in [-0.2, 0) is 4.74 Å². The molecule has 0 radical (unpaired) electrons. The summed E-state index contributed by atoms with van der Waals surface area (Å²) in [7, 11) is 0. The molecule has 9 heteroatoms. The van der Waals surface area contributed by atoms with Crippen molar-refractivity contribution in [3.05, 3.63) is 50.4 Å². The average Bonchev–Trinajstić information content (AvgIpc) is 2.52. The molecule has 138 valence electrons. The predicted molar refractivity (Wildman–Crippen MR) is 95.4 cm³/mol. The fraction of sp³-hybridized carbons (Fsp3) is 0.353. The maximum Gasteiger partial charge on any atom is 0.353 e. The number of amidine groups is 1. The molecule has 0 unspecified atom stereocenters. The zero-order valence-corrected chi connectivity index (χ0v) is 14.8. The second kappa shape index (κ2) is 7.77. The Hall–Kier alpha value is -3.23. The minimum Gasteiger partial charge on any atom is -0.422 e. The summed E-state index contributed by atoms with van der Waals surface area (Å²) in [5.41, 5.74) is -1.33. The van der Waals surface area contributed by atoms with Crippen LogP contribution in [0.5, 0.6) is 0 Å². The van der Waals surface area contributed by atoms with Gasteiger partial charge >= 0.3 is 11.6 Å². The standard InChI is InChI=1S/C17H19N3O6/c1-9(2)18-17(19-10(3)4)26-16(22)13-8-11-7-12(20(23)24)5-6-14(11)25-15(13)21/h5-10H,1-4H3,(H,18,19). The molecule has 0 aliphatic heterocycles. The van der Waals surface area contributed by atoms with Crippen molar-refractivity contribution >= 4 is 28.6 Å². The number of nitrogens with one attached hydrogen (secondary N) is 1. The molecule has 9 nitrogen and oxygen atoms in total. The highest BCUT2D eigenvalue weighted by atomic mass is 16.6.